The Bertz CT molecular complexity index is 1730. The van der Waals surface area contributed by atoms with Gasteiger partial charge >= 0.3 is 0 Å². The molecule has 0 atom stereocenters. The predicted octanol–water partition coefficient (Wildman–Crippen LogP) is 6.65. The minimum atomic E-state index is -0.630. The molecule has 5 rings (SSSR count). The third kappa shape index (κ3) is 7.59. The molecule has 49 heavy (non-hydrogen) atoms. The van der Waals surface area contributed by atoms with Gasteiger partial charge in [-0.3, -0.25) is 9.59 Å². The van der Waals surface area contributed by atoms with Crippen molar-refractivity contribution in [2.45, 2.75) is 84.7 Å². The summed E-state index contributed by atoms with van der Waals surface area (Å²) in [4.78, 5) is 47.1. The van der Waals surface area contributed by atoms with E-state index >= 15 is 0 Å². The van der Waals surface area contributed by atoms with Crippen molar-refractivity contribution in [3.63, 3.8) is 0 Å². The van der Waals surface area contributed by atoms with Gasteiger partial charge in [-0.15, -0.1) is 0 Å². The average molecular weight is 691 g/mol. The number of hydrogen-bond acceptors (Lipinski definition) is 7. The molecule has 2 saturated heterocycles. The van der Waals surface area contributed by atoms with E-state index in [0.29, 0.717) is 55.4 Å². The molecule has 1 amide bonds. The summed E-state index contributed by atoms with van der Waals surface area (Å²) in [5.41, 5.74) is 6.95. The maximum atomic E-state index is 14.2. The SMILES string of the molecule is CCCN(C)c1cc(-c2cc(N(CC)C3CCOCC3)c(C)c(C(=O)NCc3c(C)cc(C)[nH]c3=O)c2Cl)ccc1C1(C=O)CCOCC1. The van der Waals surface area contributed by atoms with E-state index in [0.717, 1.165) is 83.5 Å². The van der Waals surface area contributed by atoms with Crippen LogP contribution in [0.3, 0.4) is 0 Å². The molecule has 0 radical (unpaired) electrons. The highest BCUT2D eigenvalue weighted by atomic mass is 35.5. The van der Waals surface area contributed by atoms with E-state index in [4.69, 9.17) is 21.1 Å². The summed E-state index contributed by atoms with van der Waals surface area (Å²) >= 11 is 7.30. The first-order valence-corrected chi connectivity index (χ1v) is 18.0. The van der Waals surface area contributed by atoms with Crippen LogP contribution in [0.4, 0.5) is 11.4 Å². The van der Waals surface area contributed by atoms with Gasteiger partial charge in [0.15, 0.2) is 0 Å². The molecule has 0 saturated carbocycles. The number of nitrogens with one attached hydrogen (secondary N) is 2. The monoisotopic (exact) mass is 690 g/mol. The van der Waals surface area contributed by atoms with E-state index in [1.807, 2.05) is 32.9 Å². The van der Waals surface area contributed by atoms with Gasteiger partial charge in [0.1, 0.15) is 6.29 Å². The number of halogens is 1. The number of anilines is 2. The van der Waals surface area contributed by atoms with Crippen LogP contribution in [0.1, 0.15) is 84.3 Å². The van der Waals surface area contributed by atoms with Crippen molar-refractivity contribution in [3.8, 4) is 11.1 Å². The van der Waals surface area contributed by atoms with E-state index in [-0.39, 0.29) is 24.1 Å². The molecule has 10 heteroatoms. The Morgan fingerprint density at radius 3 is 2.37 bits per heavy atom. The smallest absolute Gasteiger partial charge is 0.253 e. The molecular formula is C39H51ClN4O5. The molecule has 2 fully saturated rings. The van der Waals surface area contributed by atoms with Crippen LogP contribution < -0.4 is 20.7 Å². The first-order chi connectivity index (χ1) is 23.5. The Morgan fingerprint density at radius 2 is 1.73 bits per heavy atom. The zero-order valence-corrected chi connectivity index (χ0v) is 30.6. The molecule has 1 aromatic heterocycles. The lowest BCUT2D eigenvalue weighted by molar-refractivity contribution is -0.115. The third-order valence-corrected chi connectivity index (χ3v) is 10.7. The van der Waals surface area contributed by atoms with Crippen molar-refractivity contribution in [2.75, 3.05) is 56.4 Å². The maximum absolute atomic E-state index is 14.2. The lowest BCUT2D eigenvalue weighted by Crippen LogP contribution is -2.40. The Hall–Kier alpha value is -3.66. The lowest BCUT2D eigenvalue weighted by Gasteiger charge is -2.37. The summed E-state index contributed by atoms with van der Waals surface area (Å²) < 4.78 is 11.3. The first-order valence-electron chi connectivity index (χ1n) is 17.6. The average Bonchev–Trinajstić information content (AvgIpc) is 3.09. The number of aldehydes is 1. The number of ether oxygens (including phenoxy) is 2. The normalized spacial score (nSPS) is 16.3. The lowest BCUT2D eigenvalue weighted by atomic mass is 9.74. The Labute approximate surface area is 295 Å². The number of aryl methyl sites for hydroxylation is 2. The molecule has 0 spiro atoms. The number of pyridine rings is 1. The molecular weight excluding hydrogens is 640 g/mol. The van der Waals surface area contributed by atoms with Gasteiger partial charge in [0, 0.05) is 87.3 Å². The van der Waals surface area contributed by atoms with Crippen LogP contribution in [0, 0.1) is 20.8 Å². The first kappa shape index (κ1) is 36.6. The van der Waals surface area contributed by atoms with Crippen molar-refractivity contribution >= 4 is 35.2 Å². The minimum absolute atomic E-state index is 0.0746. The van der Waals surface area contributed by atoms with Gasteiger partial charge in [0.2, 0.25) is 0 Å². The van der Waals surface area contributed by atoms with Crippen LogP contribution in [-0.2, 0) is 26.2 Å². The molecule has 264 valence electrons. The summed E-state index contributed by atoms with van der Waals surface area (Å²) in [5, 5.41) is 3.36. The zero-order valence-electron chi connectivity index (χ0n) is 29.8. The number of aromatic nitrogens is 1. The summed E-state index contributed by atoms with van der Waals surface area (Å²) in [7, 11) is 2.06. The summed E-state index contributed by atoms with van der Waals surface area (Å²) in [6, 6.07) is 10.5. The van der Waals surface area contributed by atoms with E-state index in [2.05, 4.69) is 59.2 Å². The van der Waals surface area contributed by atoms with Crippen molar-refractivity contribution < 1.29 is 19.1 Å². The number of nitrogens with zero attached hydrogens (tertiary/aromatic N) is 2. The van der Waals surface area contributed by atoms with E-state index < -0.39 is 5.41 Å². The number of hydrogen-bond donors (Lipinski definition) is 2. The van der Waals surface area contributed by atoms with Gasteiger partial charge < -0.3 is 34.4 Å². The fourth-order valence-corrected chi connectivity index (χ4v) is 7.96. The van der Waals surface area contributed by atoms with Crippen LogP contribution in [0.25, 0.3) is 11.1 Å². The molecule has 3 heterocycles. The zero-order chi connectivity index (χ0) is 35.3. The predicted molar refractivity (Wildman–Crippen MR) is 198 cm³/mol. The molecule has 2 aromatic carbocycles. The number of carbonyl (C=O) groups is 2. The topological polar surface area (TPSA) is 104 Å². The highest BCUT2D eigenvalue weighted by Crippen LogP contribution is 2.44. The highest BCUT2D eigenvalue weighted by Gasteiger charge is 2.37. The molecule has 2 N–H and O–H groups in total. The number of H-pyrrole nitrogens is 1. The van der Waals surface area contributed by atoms with Crippen LogP contribution >= 0.6 is 11.6 Å². The highest BCUT2D eigenvalue weighted by molar-refractivity contribution is 6.37. The standard InChI is InChI=1S/C39H51ClN4O5/c1-7-15-43(6)34-21-28(9-10-32(34)39(24-45)13-18-49-19-14-39)30-22-33(44(8-2)29-11-16-48-17-12-29)27(5)35(36(30)40)38(47)41-23-31-25(3)20-26(4)42-37(31)46/h9-10,20-22,24,29H,7-8,11-19,23H2,1-6H3,(H,41,47)(H,42,46). The summed E-state index contributed by atoms with van der Waals surface area (Å²) in [5.74, 6) is -0.338. The number of carbonyl (C=O) groups excluding carboxylic acids is 2. The second-order valence-electron chi connectivity index (χ2n) is 13.6. The van der Waals surface area contributed by atoms with Crippen LogP contribution in [-0.4, -0.2) is 69.8 Å². The molecule has 2 aliphatic rings. The van der Waals surface area contributed by atoms with Crippen LogP contribution in [0.15, 0.2) is 35.1 Å². The number of aromatic amines is 1. The quantitative estimate of drug-likeness (QED) is 0.205. The van der Waals surface area contributed by atoms with E-state index in [9.17, 15) is 14.4 Å². The molecule has 9 nitrogen and oxygen atoms in total. The Kier molecular flexibility index (Phi) is 11.9. The summed E-state index contributed by atoms with van der Waals surface area (Å²) in [6.45, 7) is 14.0. The molecule has 0 bridgehead atoms. The van der Waals surface area contributed by atoms with E-state index in [1.165, 1.54) is 0 Å². The molecule has 0 unspecified atom stereocenters. The van der Waals surface area contributed by atoms with Crippen molar-refractivity contribution in [2.24, 2.45) is 0 Å². The van der Waals surface area contributed by atoms with Crippen molar-refractivity contribution in [1.29, 1.82) is 0 Å². The Balaban J connectivity index is 1.66. The maximum Gasteiger partial charge on any atom is 0.253 e. The van der Waals surface area contributed by atoms with Gasteiger partial charge in [-0.05, 0) is 100 Å². The second-order valence-corrected chi connectivity index (χ2v) is 13.9. The van der Waals surface area contributed by atoms with Gasteiger partial charge in [0.05, 0.1) is 16.0 Å². The fourth-order valence-electron chi connectivity index (χ4n) is 7.57. The number of rotatable bonds is 12. The molecule has 0 aliphatic carbocycles. The third-order valence-electron chi connectivity index (χ3n) is 10.4. The van der Waals surface area contributed by atoms with Crippen LogP contribution in [0.5, 0.6) is 0 Å². The van der Waals surface area contributed by atoms with Gasteiger partial charge in [-0.25, -0.2) is 0 Å². The molecule has 2 aliphatic heterocycles. The van der Waals surface area contributed by atoms with E-state index in [1.54, 1.807) is 0 Å². The second kappa shape index (κ2) is 15.9. The largest absolute Gasteiger partial charge is 0.381 e. The van der Waals surface area contributed by atoms with Crippen LogP contribution in [0.2, 0.25) is 5.02 Å². The fraction of sp³-hybridized carbons (Fsp3) is 0.513. The van der Waals surface area contributed by atoms with Gasteiger partial charge in [-0.2, -0.15) is 0 Å². The van der Waals surface area contributed by atoms with Gasteiger partial charge in [-0.1, -0.05) is 30.7 Å². The number of amides is 1. The minimum Gasteiger partial charge on any atom is -0.381 e. The summed E-state index contributed by atoms with van der Waals surface area (Å²) in [6.07, 6.45) is 5.07. The van der Waals surface area contributed by atoms with Crippen molar-refractivity contribution in [1.82, 2.24) is 10.3 Å². The molecule has 3 aromatic rings. The number of benzene rings is 2. The van der Waals surface area contributed by atoms with Crippen molar-refractivity contribution in [3.05, 3.63) is 79.2 Å². The Morgan fingerprint density at radius 1 is 1.04 bits per heavy atom. The van der Waals surface area contributed by atoms with Gasteiger partial charge in [0.25, 0.3) is 11.5 Å².